The molecule has 0 radical (unpaired) electrons. The number of ether oxygens (including phenoxy) is 3. The number of carbonyl (C=O) groups is 1. The van der Waals surface area contributed by atoms with Crippen molar-refractivity contribution in [3.63, 3.8) is 0 Å². The van der Waals surface area contributed by atoms with E-state index in [-0.39, 0.29) is 12.0 Å². The molecule has 2 bridgehead atoms. The van der Waals surface area contributed by atoms with E-state index in [1.807, 2.05) is 12.1 Å². The van der Waals surface area contributed by atoms with Crippen LogP contribution in [-0.2, 0) is 21.4 Å². The normalized spacial score (nSPS) is 27.5. The number of aliphatic hydroxyl groups is 1. The third-order valence-corrected chi connectivity index (χ3v) is 10.4. The topological polar surface area (TPSA) is 68.2 Å². The lowest BCUT2D eigenvalue weighted by Crippen LogP contribution is -2.74. The molecule has 6 heteroatoms. The molecule has 6 nitrogen and oxygen atoms in total. The average Bonchev–Trinajstić information content (AvgIpc) is 3.34. The number of methoxy groups -OCH3 is 1. The Morgan fingerprint density at radius 1 is 1.05 bits per heavy atom. The van der Waals surface area contributed by atoms with Gasteiger partial charge in [-0.3, -0.25) is 4.79 Å². The first-order chi connectivity index (χ1) is 20.5. The second-order valence-electron chi connectivity index (χ2n) is 13.1. The molecule has 1 aromatic carbocycles. The van der Waals surface area contributed by atoms with Crippen molar-refractivity contribution in [2.75, 3.05) is 20.7 Å². The van der Waals surface area contributed by atoms with E-state index in [2.05, 4.69) is 37.1 Å². The van der Waals surface area contributed by atoms with Gasteiger partial charge in [0.1, 0.15) is 5.76 Å². The van der Waals surface area contributed by atoms with Crippen LogP contribution in [0.15, 0.2) is 36.1 Å². The molecule has 1 aromatic rings. The predicted molar refractivity (Wildman–Crippen MR) is 167 cm³/mol. The number of nitrogens with zero attached hydrogens (tertiary/aromatic N) is 1. The molecule has 2 aliphatic heterocycles. The molecule has 0 saturated carbocycles. The van der Waals surface area contributed by atoms with E-state index < -0.39 is 17.1 Å². The maximum absolute atomic E-state index is 13.0. The van der Waals surface area contributed by atoms with E-state index in [9.17, 15) is 9.90 Å². The molecule has 0 unspecified atom stereocenters. The largest absolute Gasteiger partial charge is 0.493 e. The zero-order valence-corrected chi connectivity index (χ0v) is 26.3. The number of benzene rings is 1. The maximum Gasteiger partial charge on any atom is 0.310 e. The highest BCUT2D eigenvalue weighted by atomic mass is 16.6. The molecular formula is C36H53NO5. The van der Waals surface area contributed by atoms with Crippen LogP contribution in [0.4, 0.5) is 0 Å². The van der Waals surface area contributed by atoms with Crippen molar-refractivity contribution >= 4 is 5.97 Å². The Hall–Kier alpha value is -2.31. The van der Waals surface area contributed by atoms with E-state index in [1.165, 1.54) is 63.4 Å². The van der Waals surface area contributed by atoms with Crippen LogP contribution < -0.4 is 9.47 Å². The number of hydrogen-bond acceptors (Lipinski definition) is 6. The summed E-state index contributed by atoms with van der Waals surface area (Å²) in [7, 11) is 3.75. The van der Waals surface area contributed by atoms with E-state index in [1.54, 1.807) is 7.11 Å². The van der Waals surface area contributed by atoms with Gasteiger partial charge in [-0.25, -0.2) is 0 Å². The van der Waals surface area contributed by atoms with Gasteiger partial charge in [-0.2, -0.15) is 0 Å². The van der Waals surface area contributed by atoms with Crippen molar-refractivity contribution in [2.45, 2.75) is 139 Å². The number of carbonyl (C=O) groups excluding carboxylic acids is 1. The molecule has 42 heavy (non-hydrogen) atoms. The first-order valence-corrected chi connectivity index (χ1v) is 16.8. The Balaban J connectivity index is 1.07. The molecular weight excluding hydrogens is 526 g/mol. The Morgan fingerprint density at radius 2 is 1.74 bits per heavy atom. The minimum absolute atomic E-state index is 0.00601. The Labute approximate surface area is 253 Å². The minimum atomic E-state index is -0.978. The Bertz CT molecular complexity index is 1140. The monoisotopic (exact) mass is 579 g/mol. The van der Waals surface area contributed by atoms with Gasteiger partial charge in [0.15, 0.2) is 17.6 Å². The Kier molecular flexibility index (Phi) is 10.4. The molecule has 0 amide bonds. The number of piperidine rings is 1. The lowest BCUT2D eigenvalue weighted by molar-refractivity contribution is -0.169. The molecule has 4 aliphatic rings. The molecule has 1 saturated heterocycles. The van der Waals surface area contributed by atoms with Gasteiger partial charge in [0.05, 0.1) is 18.1 Å². The third-order valence-electron chi connectivity index (χ3n) is 10.4. The number of likely N-dealkylation sites (tertiary alicyclic amines) is 1. The van der Waals surface area contributed by atoms with Crippen LogP contribution in [-0.4, -0.2) is 54.4 Å². The van der Waals surface area contributed by atoms with Gasteiger partial charge in [0.25, 0.3) is 0 Å². The molecule has 5 rings (SSSR count). The summed E-state index contributed by atoms with van der Waals surface area (Å²) in [4.78, 5) is 15.3. The summed E-state index contributed by atoms with van der Waals surface area (Å²) in [5, 5.41) is 12.3. The summed E-state index contributed by atoms with van der Waals surface area (Å²) < 4.78 is 18.3. The first kappa shape index (κ1) is 31.1. The van der Waals surface area contributed by atoms with Gasteiger partial charge in [-0.15, -0.1) is 0 Å². The fraction of sp³-hybridized carbons (Fsp3) is 0.694. The van der Waals surface area contributed by atoms with E-state index in [0.29, 0.717) is 30.1 Å². The van der Waals surface area contributed by atoms with Gasteiger partial charge in [0, 0.05) is 24.4 Å². The SMILES string of the molecule is CCCCCCCC/C=C\CCCCCCCC(=O)OC1=CC[C@@]2(O)[C@H]3Cc4ccc(OC)c5c4[C@@]2(CCN3C)[C@H]1O5. The van der Waals surface area contributed by atoms with Crippen molar-refractivity contribution in [3.8, 4) is 11.5 Å². The summed E-state index contributed by atoms with van der Waals surface area (Å²) in [6.07, 6.45) is 24.5. The Morgan fingerprint density at radius 3 is 2.45 bits per heavy atom. The first-order valence-electron chi connectivity index (χ1n) is 16.8. The van der Waals surface area contributed by atoms with Crippen LogP contribution in [0.25, 0.3) is 0 Å². The number of likely N-dealkylation sites (N-methyl/N-ethyl adjacent to an activating group) is 1. The van der Waals surface area contributed by atoms with Crippen LogP contribution in [0.2, 0.25) is 0 Å². The summed E-state index contributed by atoms with van der Waals surface area (Å²) >= 11 is 0. The smallest absolute Gasteiger partial charge is 0.310 e. The van der Waals surface area contributed by atoms with Crippen LogP contribution in [0.3, 0.4) is 0 Å². The predicted octanol–water partition coefficient (Wildman–Crippen LogP) is 7.55. The summed E-state index contributed by atoms with van der Waals surface area (Å²) in [5.41, 5.74) is 0.664. The zero-order chi connectivity index (χ0) is 29.6. The quantitative estimate of drug-likeness (QED) is 0.117. The molecule has 2 heterocycles. The second-order valence-corrected chi connectivity index (χ2v) is 13.1. The number of hydrogen-bond donors (Lipinski definition) is 1. The number of rotatable bonds is 17. The molecule has 1 spiro atoms. The standard InChI is InChI=1S/C36H53NO5/c1-4-5-6-7-8-9-10-11-12-13-14-15-16-17-18-19-31(38)41-29-22-23-36(39)30-26-27-20-21-28(40-3)33-32(27)35(36,34(29)42-33)24-25-37(30)2/h11-12,20-22,30,34,39H,4-10,13-19,23-26H2,1-3H3/b12-11-/t30-,34+,35+,36-/m1/s1. The highest BCUT2D eigenvalue weighted by molar-refractivity contribution is 5.72. The van der Waals surface area contributed by atoms with Gasteiger partial charge in [0.2, 0.25) is 0 Å². The van der Waals surface area contributed by atoms with Crippen molar-refractivity contribution in [1.82, 2.24) is 4.90 Å². The van der Waals surface area contributed by atoms with Gasteiger partial charge >= 0.3 is 5.97 Å². The maximum atomic E-state index is 13.0. The molecule has 1 fully saturated rings. The van der Waals surface area contributed by atoms with E-state index in [0.717, 1.165) is 50.6 Å². The van der Waals surface area contributed by atoms with Crippen molar-refractivity contribution in [3.05, 3.63) is 47.2 Å². The van der Waals surface area contributed by atoms with Crippen LogP contribution in [0.5, 0.6) is 11.5 Å². The highest BCUT2D eigenvalue weighted by Gasteiger charge is 2.72. The van der Waals surface area contributed by atoms with Crippen LogP contribution in [0.1, 0.15) is 121 Å². The molecule has 1 N–H and O–H groups in total. The number of esters is 1. The van der Waals surface area contributed by atoms with Crippen LogP contribution in [0, 0.1) is 0 Å². The van der Waals surface area contributed by atoms with Crippen molar-refractivity contribution in [1.29, 1.82) is 0 Å². The van der Waals surface area contributed by atoms with Crippen molar-refractivity contribution in [2.24, 2.45) is 0 Å². The average molecular weight is 580 g/mol. The van der Waals surface area contributed by atoms with Crippen LogP contribution >= 0.6 is 0 Å². The van der Waals surface area contributed by atoms with Crippen molar-refractivity contribution < 1.29 is 24.1 Å². The lowest BCUT2D eigenvalue weighted by atomic mass is 9.50. The lowest BCUT2D eigenvalue weighted by Gasteiger charge is -2.61. The summed E-state index contributed by atoms with van der Waals surface area (Å²) in [5.74, 6) is 1.75. The molecule has 232 valence electrons. The number of unbranched alkanes of at least 4 members (excludes halogenated alkanes) is 11. The van der Waals surface area contributed by atoms with Gasteiger partial charge in [-0.1, -0.05) is 76.5 Å². The zero-order valence-electron chi connectivity index (χ0n) is 26.3. The minimum Gasteiger partial charge on any atom is -0.493 e. The molecule has 2 aliphatic carbocycles. The number of allylic oxidation sites excluding steroid dienone is 2. The van der Waals surface area contributed by atoms with Gasteiger partial charge < -0.3 is 24.2 Å². The summed E-state index contributed by atoms with van der Waals surface area (Å²) in [6.45, 7) is 3.13. The fourth-order valence-electron chi connectivity index (χ4n) is 8.11. The second kappa shape index (κ2) is 14.0. The third kappa shape index (κ3) is 5.91. The fourth-order valence-corrected chi connectivity index (χ4v) is 8.11. The van der Waals surface area contributed by atoms with E-state index >= 15 is 0 Å². The van der Waals surface area contributed by atoms with E-state index in [4.69, 9.17) is 14.2 Å². The summed E-state index contributed by atoms with van der Waals surface area (Å²) in [6, 6.07) is 4.08. The molecule has 4 atom stereocenters. The highest BCUT2D eigenvalue weighted by Crippen LogP contribution is 2.65. The molecule has 0 aromatic heterocycles. The van der Waals surface area contributed by atoms with Gasteiger partial charge in [-0.05, 0) is 76.2 Å².